The smallest absolute Gasteiger partial charge is 0.273 e. The number of aryl methyl sites for hydroxylation is 1. The Hall–Kier alpha value is -2.57. The molecule has 0 saturated heterocycles. The van der Waals surface area contributed by atoms with Gasteiger partial charge in [0.1, 0.15) is 5.82 Å². The van der Waals surface area contributed by atoms with Gasteiger partial charge in [-0.25, -0.2) is 13.8 Å². The third-order valence-corrected chi connectivity index (χ3v) is 3.06. The van der Waals surface area contributed by atoms with Crippen molar-refractivity contribution < 1.29 is 13.6 Å². The highest BCUT2D eigenvalue weighted by molar-refractivity contribution is 5.92. The summed E-state index contributed by atoms with van der Waals surface area (Å²) in [5.41, 5.74) is 0.936. The number of nitrogens with zero attached hydrogens (tertiary/aromatic N) is 1. The van der Waals surface area contributed by atoms with Crippen LogP contribution in [0.4, 0.5) is 8.78 Å². The van der Waals surface area contributed by atoms with E-state index >= 15 is 0 Å². The molecular formula is C14H13F2N3O2. The van der Waals surface area contributed by atoms with Gasteiger partial charge in [-0.3, -0.25) is 9.59 Å². The molecule has 0 unspecified atom stereocenters. The number of hydrogen-bond donors (Lipinski definition) is 2. The van der Waals surface area contributed by atoms with Crippen LogP contribution in [0.25, 0.3) is 0 Å². The Bertz CT molecular complexity index is 756. The number of nitrogens with one attached hydrogen (secondary N) is 2. The number of carbonyl (C=O) groups excluding carboxylic acids is 1. The summed E-state index contributed by atoms with van der Waals surface area (Å²) in [4.78, 5) is 29.8. The molecule has 0 spiro atoms. The second kappa shape index (κ2) is 5.82. The number of halogens is 2. The van der Waals surface area contributed by atoms with Gasteiger partial charge in [-0.05, 0) is 13.8 Å². The maximum absolute atomic E-state index is 13.4. The number of H-pyrrole nitrogens is 1. The van der Waals surface area contributed by atoms with E-state index in [4.69, 9.17) is 0 Å². The average Bonchev–Trinajstić information content (AvgIpc) is 2.44. The number of aromatic amines is 1. The van der Waals surface area contributed by atoms with Gasteiger partial charge in [0.05, 0.1) is 12.7 Å². The maximum Gasteiger partial charge on any atom is 0.273 e. The van der Waals surface area contributed by atoms with Crippen LogP contribution in [0, 0.1) is 25.5 Å². The minimum absolute atomic E-state index is 0.0126. The quantitative estimate of drug-likeness (QED) is 0.902. The molecule has 21 heavy (non-hydrogen) atoms. The van der Waals surface area contributed by atoms with Crippen molar-refractivity contribution in [3.05, 3.63) is 62.8 Å². The van der Waals surface area contributed by atoms with Crippen LogP contribution in [0.5, 0.6) is 0 Å². The van der Waals surface area contributed by atoms with Gasteiger partial charge < -0.3 is 10.3 Å². The van der Waals surface area contributed by atoms with Crippen molar-refractivity contribution in [3.8, 4) is 0 Å². The van der Waals surface area contributed by atoms with E-state index in [9.17, 15) is 18.4 Å². The highest BCUT2D eigenvalue weighted by Gasteiger charge is 2.15. The van der Waals surface area contributed by atoms with Gasteiger partial charge >= 0.3 is 0 Å². The summed E-state index contributed by atoms with van der Waals surface area (Å²) in [6.07, 6.45) is 2.30. The van der Waals surface area contributed by atoms with Crippen LogP contribution in [0.1, 0.15) is 27.3 Å². The van der Waals surface area contributed by atoms with Gasteiger partial charge in [0, 0.05) is 29.1 Å². The second-order valence-electron chi connectivity index (χ2n) is 4.57. The Balaban J connectivity index is 2.15. The minimum Gasteiger partial charge on any atom is -0.363 e. The molecule has 7 heteroatoms. The van der Waals surface area contributed by atoms with E-state index in [1.807, 2.05) is 0 Å². The summed E-state index contributed by atoms with van der Waals surface area (Å²) in [5, 5.41) is 2.43. The summed E-state index contributed by atoms with van der Waals surface area (Å²) in [7, 11) is 0. The van der Waals surface area contributed by atoms with E-state index < -0.39 is 23.2 Å². The first-order chi connectivity index (χ1) is 9.90. The zero-order valence-electron chi connectivity index (χ0n) is 11.5. The predicted molar refractivity (Wildman–Crippen MR) is 71.9 cm³/mol. The Labute approximate surface area is 119 Å². The minimum atomic E-state index is -1.04. The molecule has 0 aliphatic rings. The zero-order chi connectivity index (χ0) is 15.6. The predicted octanol–water partition coefficient (Wildman–Crippen LogP) is 1.59. The molecule has 2 rings (SSSR count). The van der Waals surface area contributed by atoms with E-state index in [-0.39, 0.29) is 12.0 Å². The fraction of sp³-hybridized carbons (Fsp3) is 0.214. The van der Waals surface area contributed by atoms with E-state index in [0.717, 1.165) is 6.20 Å². The van der Waals surface area contributed by atoms with E-state index in [1.165, 1.54) is 6.20 Å². The summed E-state index contributed by atoms with van der Waals surface area (Å²) in [5.74, 6) is -2.68. The Kier molecular flexibility index (Phi) is 4.11. The molecular weight excluding hydrogens is 280 g/mol. The summed E-state index contributed by atoms with van der Waals surface area (Å²) < 4.78 is 26.1. The van der Waals surface area contributed by atoms with Gasteiger partial charge in [-0.2, -0.15) is 0 Å². The molecule has 0 bridgehead atoms. The topological polar surface area (TPSA) is 74.8 Å². The lowest BCUT2D eigenvalue weighted by atomic mass is 10.1. The van der Waals surface area contributed by atoms with Crippen LogP contribution in [-0.4, -0.2) is 15.9 Å². The van der Waals surface area contributed by atoms with Crippen LogP contribution in [-0.2, 0) is 6.54 Å². The summed E-state index contributed by atoms with van der Waals surface area (Å²) >= 11 is 0. The molecule has 0 radical (unpaired) electrons. The Morgan fingerprint density at radius 3 is 2.76 bits per heavy atom. The van der Waals surface area contributed by atoms with Crippen LogP contribution in [0.15, 0.2) is 23.3 Å². The molecule has 0 aliphatic heterocycles. The molecule has 0 fully saturated rings. The third kappa shape index (κ3) is 3.13. The molecule has 110 valence electrons. The van der Waals surface area contributed by atoms with Crippen molar-refractivity contribution in [2.45, 2.75) is 20.4 Å². The highest BCUT2D eigenvalue weighted by atomic mass is 19.1. The van der Waals surface area contributed by atoms with Crippen molar-refractivity contribution in [2.75, 3.05) is 0 Å². The Morgan fingerprint density at radius 1 is 1.38 bits per heavy atom. The summed E-state index contributed by atoms with van der Waals surface area (Å²) in [6, 6.07) is 0.584. The number of hydrogen-bond acceptors (Lipinski definition) is 3. The van der Waals surface area contributed by atoms with E-state index in [2.05, 4.69) is 15.3 Å². The largest absolute Gasteiger partial charge is 0.363 e. The fourth-order valence-electron chi connectivity index (χ4n) is 1.82. The fourth-order valence-corrected chi connectivity index (χ4v) is 1.82. The third-order valence-electron chi connectivity index (χ3n) is 3.06. The molecule has 2 aromatic heterocycles. The Morgan fingerprint density at radius 2 is 2.10 bits per heavy atom. The van der Waals surface area contributed by atoms with Gasteiger partial charge in [0.2, 0.25) is 0 Å². The van der Waals surface area contributed by atoms with Crippen LogP contribution in [0.3, 0.4) is 0 Å². The van der Waals surface area contributed by atoms with E-state index in [1.54, 1.807) is 13.8 Å². The van der Waals surface area contributed by atoms with Crippen LogP contribution < -0.4 is 10.7 Å². The number of aromatic nitrogens is 2. The normalized spacial score (nSPS) is 10.5. The number of rotatable bonds is 3. The molecule has 2 aromatic rings. The molecule has 5 nitrogen and oxygen atoms in total. The lowest BCUT2D eigenvalue weighted by Crippen LogP contribution is -2.27. The van der Waals surface area contributed by atoms with Crippen molar-refractivity contribution in [3.63, 3.8) is 0 Å². The van der Waals surface area contributed by atoms with Gasteiger partial charge in [0.25, 0.3) is 5.91 Å². The second-order valence-corrected chi connectivity index (χ2v) is 4.57. The van der Waals surface area contributed by atoms with Gasteiger partial charge in [0.15, 0.2) is 16.9 Å². The number of carbonyl (C=O) groups is 1. The van der Waals surface area contributed by atoms with Crippen molar-refractivity contribution in [2.24, 2.45) is 0 Å². The first-order valence-electron chi connectivity index (χ1n) is 6.17. The first kappa shape index (κ1) is 14.8. The molecule has 2 heterocycles. The highest BCUT2D eigenvalue weighted by Crippen LogP contribution is 2.06. The lowest BCUT2D eigenvalue weighted by molar-refractivity contribution is 0.0940. The molecule has 0 atom stereocenters. The lowest BCUT2D eigenvalue weighted by Gasteiger charge is -2.08. The first-order valence-corrected chi connectivity index (χ1v) is 6.17. The zero-order valence-corrected chi connectivity index (χ0v) is 11.5. The number of amides is 1. The van der Waals surface area contributed by atoms with Gasteiger partial charge in [-0.15, -0.1) is 0 Å². The van der Waals surface area contributed by atoms with Gasteiger partial charge in [-0.1, -0.05) is 0 Å². The van der Waals surface area contributed by atoms with E-state index in [0.29, 0.717) is 22.9 Å². The standard InChI is InChI=1S/C14H13F2N3O2/c1-7-4-17-11(8(2)13(7)20)6-19-14(21)12-10(16)3-9(15)5-18-12/h3-5H,6H2,1-2H3,(H,17,20)(H,19,21). The molecule has 2 N–H and O–H groups in total. The monoisotopic (exact) mass is 293 g/mol. The molecule has 0 saturated carbocycles. The summed E-state index contributed by atoms with van der Waals surface area (Å²) in [6.45, 7) is 3.31. The van der Waals surface area contributed by atoms with Crippen LogP contribution in [0.2, 0.25) is 0 Å². The maximum atomic E-state index is 13.4. The SMILES string of the molecule is Cc1c[nH]c(CNC(=O)c2ncc(F)cc2F)c(C)c1=O. The van der Waals surface area contributed by atoms with Crippen molar-refractivity contribution in [1.82, 2.24) is 15.3 Å². The average molecular weight is 293 g/mol. The molecule has 0 aliphatic carbocycles. The van der Waals surface area contributed by atoms with Crippen LogP contribution >= 0.6 is 0 Å². The molecule has 0 aromatic carbocycles. The van der Waals surface area contributed by atoms with Crippen molar-refractivity contribution >= 4 is 5.91 Å². The van der Waals surface area contributed by atoms with Crippen molar-refractivity contribution in [1.29, 1.82) is 0 Å². The number of pyridine rings is 2. The molecule has 1 amide bonds.